The Hall–Kier alpha value is -2.21. The highest BCUT2D eigenvalue weighted by Gasteiger charge is 2.35. The predicted molar refractivity (Wildman–Crippen MR) is 85.5 cm³/mol. The summed E-state index contributed by atoms with van der Waals surface area (Å²) >= 11 is 3.38. The molecule has 0 amide bonds. The molecule has 1 heterocycles. The van der Waals surface area contributed by atoms with Crippen LogP contribution in [0.5, 0.6) is 11.5 Å². The first-order valence-corrected chi connectivity index (χ1v) is 7.41. The SMILES string of the molecule is COc1ccc2c(c1OC)C(=O)O[C@@H]2Nc1ccc(Br)cc1. The molecule has 2 aromatic rings. The van der Waals surface area contributed by atoms with E-state index in [1.54, 1.807) is 12.1 Å². The number of ether oxygens (including phenoxy) is 3. The number of carbonyl (C=O) groups is 1. The van der Waals surface area contributed by atoms with Crippen molar-refractivity contribution in [1.82, 2.24) is 0 Å². The molecule has 114 valence electrons. The molecule has 1 aliphatic rings. The maximum absolute atomic E-state index is 12.2. The van der Waals surface area contributed by atoms with Crippen molar-refractivity contribution >= 4 is 27.6 Å². The van der Waals surface area contributed by atoms with E-state index in [4.69, 9.17) is 14.2 Å². The van der Waals surface area contributed by atoms with Gasteiger partial charge in [-0.25, -0.2) is 4.79 Å². The van der Waals surface area contributed by atoms with Crippen LogP contribution in [0.25, 0.3) is 0 Å². The van der Waals surface area contributed by atoms with Gasteiger partial charge in [-0.3, -0.25) is 0 Å². The lowest BCUT2D eigenvalue weighted by Gasteiger charge is -2.15. The smallest absolute Gasteiger partial charge is 0.344 e. The van der Waals surface area contributed by atoms with E-state index in [2.05, 4.69) is 21.2 Å². The largest absolute Gasteiger partial charge is 0.493 e. The normalized spacial score (nSPS) is 16.0. The second kappa shape index (κ2) is 5.88. The first-order valence-electron chi connectivity index (χ1n) is 6.62. The third kappa shape index (κ3) is 2.50. The number of methoxy groups -OCH3 is 2. The number of cyclic esters (lactones) is 1. The van der Waals surface area contributed by atoms with Crippen LogP contribution < -0.4 is 14.8 Å². The second-order valence-electron chi connectivity index (χ2n) is 4.70. The first-order chi connectivity index (χ1) is 10.6. The van der Waals surface area contributed by atoms with Crippen molar-refractivity contribution < 1.29 is 19.0 Å². The molecule has 0 saturated carbocycles. The zero-order chi connectivity index (χ0) is 15.7. The van der Waals surface area contributed by atoms with Gasteiger partial charge in [-0.05, 0) is 36.4 Å². The molecular formula is C16H14BrNO4. The highest BCUT2D eigenvalue weighted by molar-refractivity contribution is 9.10. The summed E-state index contributed by atoms with van der Waals surface area (Å²) in [5.74, 6) is 0.466. The molecule has 1 atom stereocenters. The Morgan fingerprint density at radius 2 is 1.82 bits per heavy atom. The van der Waals surface area contributed by atoms with E-state index in [9.17, 15) is 4.79 Å². The van der Waals surface area contributed by atoms with E-state index >= 15 is 0 Å². The maximum Gasteiger partial charge on any atom is 0.344 e. The number of anilines is 1. The summed E-state index contributed by atoms with van der Waals surface area (Å²) in [7, 11) is 3.03. The van der Waals surface area contributed by atoms with Crippen LogP contribution in [0.2, 0.25) is 0 Å². The van der Waals surface area contributed by atoms with Gasteiger partial charge in [0.2, 0.25) is 6.23 Å². The number of carbonyl (C=O) groups excluding carboxylic acids is 1. The molecule has 3 rings (SSSR count). The molecule has 1 N–H and O–H groups in total. The number of fused-ring (bicyclic) bond motifs is 1. The maximum atomic E-state index is 12.2. The predicted octanol–water partition coefficient (Wildman–Crippen LogP) is 3.75. The number of nitrogens with one attached hydrogen (secondary N) is 1. The number of benzene rings is 2. The highest BCUT2D eigenvalue weighted by atomic mass is 79.9. The monoisotopic (exact) mass is 363 g/mol. The fourth-order valence-corrected chi connectivity index (χ4v) is 2.67. The Kier molecular flexibility index (Phi) is 3.94. The third-order valence-corrected chi connectivity index (χ3v) is 3.96. The zero-order valence-electron chi connectivity index (χ0n) is 12.1. The lowest BCUT2D eigenvalue weighted by Crippen LogP contribution is -2.10. The van der Waals surface area contributed by atoms with E-state index in [0.717, 1.165) is 15.7 Å². The second-order valence-corrected chi connectivity index (χ2v) is 5.62. The summed E-state index contributed by atoms with van der Waals surface area (Å²) in [6.07, 6.45) is -0.552. The van der Waals surface area contributed by atoms with Gasteiger partial charge in [0.25, 0.3) is 0 Å². The number of hydrogen-bond acceptors (Lipinski definition) is 5. The van der Waals surface area contributed by atoms with E-state index in [-0.39, 0.29) is 0 Å². The van der Waals surface area contributed by atoms with Gasteiger partial charge in [0.15, 0.2) is 11.5 Å². The van der Waals surface area contributed by atoms with Crippen molar-refractivity contribution in [1.29, 1.82) is 0 Å². The van der Waals surface area contributed by atoms with E-state index in [1.165, 1.54) is 14.2 Å². The summed E-state index contributed by atoms with van der Waals surface area (Å²) in [5.41, 5.74) is 1.98. The van der Waals surface area contributed by atoms with Gasteiger partial charge >= 0.3 is 5.97 Å². The van der Waals surface area contributed by atoms with Gasteiger partial charge < -0.3 is 19.5 Å². The summed E-state index contributed by atoms with van der Waals surface area (Å²) in [6.45, 7) is 0. The van der Waals surface area contributed by atoms with Gasteiger partial charge in [0, 0.05) is 15.7 Å². The van der Waals surface area contributed by atoms with Crippen molar-refractivity contribution in [2.75, 3.05) is 19.5 Å². The van der Waals surface area contributed by atoms with Crippen molar-refractivity contribution in [3.8, 4) is 11.5 Å². The van der Waals surface area contributed by atoms with E-state index in [0.29, 0.717) is 17.1 Å². The molecule has 0 fully saturated rings. The van der Waals surface area contributed by atoms with E-state index in [1.807, 2.05) is 24.3 Å². The first kappa shape index (κ1) is 14.7. The molecule has 0 saturated heterocycles. The zero-order valence-corrected chi connectivity index (χ0v) is 13.6. The van der Waals surface area contributed by atoms with Gasteiger partial charge in [-0.1, -0.05) is 15.9 Å². The molecule has 0 bridgehead atoms. The quantitative estimate of drug-likeness (QED) is 0.838. The van der Waals surface area contributed by atoms with Crippen LogP contribution in [0.15, 0.2) is 40.9 Å². The minimum absolute atomic E-state index is 0.394. The summed E-state index contributed by atoms with van der Waals surface area (Å²) in [6, 6.07) is 11.2. The Morgan fingerprint density at radius 3 is 2.45 bits per heavy atom. The van der Waals surface area contributed by atoms with Gasteiger partial charge in [0.1, 0.15) is 5.56 Å². The number of rotatable bonds is 4. The van der Waals surface area contributed by atoms with Crippen molar-refractivity contribution in [3.05, 3.63) is 52.0 Å². The molecule has 0 spiro atoms. The molecule has 6 heteroatoms. The summed E-state index contributed by atoms with van der Waals surface area (Å²) in [5, 5.41) is 3.18. The van der Waals surface area contributed by atoms with E-state index < -0.39 is 12.2 Å². The Bertz CT molecular complexity index is 715. The Morgan fingerprint density at radius 1 is 1.09 bits per heavy atom. The molecule has 2 aromatic carbocycles. The van der Waals surface area contributed by atoms with Crippen molar-refractivity contribution in [2.45, 2.75) is 6.23 Å². The van der Waals surface area contributed by atoms with Crippen LogP contribution in [-0.4, -0.2) is 20.2 Å². The average molecular weight is 364 g/mol. The fourth-order valence-electron chi connectivity index (χ4n) is 2.41. The summed E-state index contributed by atoms with van der Waals surface area (Å²) in [4.78, 5) is 12.2. The lowest BCUT2D eigenvalue weighted by atomic mass is 10.1. The van der Waals surface area contributed by atoms with Crippen LogP contribution in [-0.2, 0) is 4.74 Å². The van der Waals surface area contributed by atoms with Crippen LogP contribution in [0.1, 0.15) is 22.1 Å². The fraction of sp³-hybridized carbons (Fsp3) is 0.188. The van der Waals surface area contributed by atoms with Crippen LogP contribution in [0.4, 0.5) is 5.69 Å². The van der Waals surface area contributed by atoms with Gasteiger partial charge in [-0.2, -0.15) is 0 Å². The Balaban J connectivity index is 1.96. The van der Waals surface area contributed by atoms with Crippen LogP contribution in [0.3, 0.4) is 0 Å². The van der Waals surface area contributed by atoms with Gasteiger partial charge in [0.05, 0.1) is 14.2 Å². The molecule has 0 aliphatic carbocycles. The summed E-state index contributed by atoms with van der Waals surface area (Å²) < 4.78 is 16.9. The minimum Gasteiger partial charge on any atom is -0.493 e. The molecule has 0 aromatic heterocycles. The van der Waals surface area contributed by atoms with Crippen molar-refractivity contribution in [2.24, 2.45) is 0 Å². The molecule has 1 aliphatic heterocycles. The molecule has 0 unspecified atom stereocenters. The number of esters is 1. The molecule has 22 heavy (non-hydrogen) atoms. The highest BCUT2D eigenvalue weighted by Crippen LogP contribution is 2.42. The van der Waals surface area contributed by atoms with Gasteiger partial charge in [-0.15, -0.1) is 0 Å². The van der Waals surface area contributed by atoms with Crippen molar-refractivity contribution in [3.63, 3.8) is 0 Å². The van der Waals surface area contributed by atoms with Crippen LogP contribution >= 0.6 is 15.9 Å². The third-order valence-electron chi connectivity index (χ3n) is 3.43. The minimum atomic E-state index is -0.552. The number of halogens is 1. The molecule has 0 radical (unpaired) electrons. The average Bonchev–Trinajstić information content (AvgIpc) is 2.85. The standard InChI is InChI=1S/C16H14BrNO4/c1-20-12-8-7-11-13(14(12)21-2)16(19)22-15(11)18-10-5-3-9(17)4-6-10/h3-8,15,18H,1-2H3/t15-/m0/s1. The molecular weight excluding hydrogens is 350 g/mol. The topological polar surface area (TPSA) is 56.8 Å². The molecule has 5 nitrogen and oxygen atoms in total. The van der Waals surface area contributed by atoms with Crippen LogP contribution in [0, 0.1) is 0 Å². The Labute approximate surface area is 136 Å². The number of hydrogen-bond donors (Lipinski definition) is 1. The lowest BCUT2D eigenvalue weighted by molar-refractivity contribution is 0.0435.